The zero-order valence-electron chi connectivity index (χ0n) is 16.9. The highest BCUT2D eigenvalue weighted by atomic mass is 35.5. The zero-order chi connectivity index (χ0) is 21.7. The maximum Gasteiger partial charge on any atom is 0.234 e. The van der Waals surface area contributed by atoms with Crippen LogP contribution in [-0.4, -0.2) is 26.4 Å². The highest BCUT2D eigenvalue weighted by Crippen LogP contribution is 2.29. The quantitative estimate of drug-likeness (QED) is 0.475. The maximum atomic E-state index is 13.4. The van der Waals surface area contributed by atoms with Crippen molar-refractivity contribution in [3.05, 3.63) is 64.7 Å². The Hall–Kier alpha value is -2.58. The summed E-state index contributed by atoms with van der Waals surface area (Å²) in [7, 11) is 0. The van der Waals surface area contributed by atoms with Gasteiger partial charge in [0.05, 0.1) is 10.8 Å². The van der Waals surface area contributed by atoms with Crippen LogP contribution in [0.3, 0.4) is 0 Å². The molecule has 0 aliphatic carbocycles. The van der Waals surface area contributed by atoms with Crippen LogP contribution < -0.4 is 10.1 Å². The summed E-state index contributed by atoms with van der Waals surface area (Å²) in [6.07, 6.45) is -0.379. The summed E-state index contributed by atoms with van der Waals surface area (Å²) in [6, 6.07) is 11.5. The number of rotatable bonds is 8. The number of anilines is 1. The third-order valence-corrected chi connectivity index (χ3v) is 5.65. The Morgan fingerprint density at radius 1 is 1.30 bits per heavy atom. The Morgan fingerprint density at radius 2 is 2.07 bits per heavy atom. The van der Waals surface area contributed by atoms with Crippen molar-refractivity contribution >= 4 is 35.0 Å². The van der Waals surface area contributed by atoms with Gasteiger partial charge in [0.15, 0.2) is 17.1 Å². The molecule has 1 aromatic heterocycles. The Bertz CT molecular complexity index is 1040. The topological polar surface area (TPSA) is 69.0 Å². The monoisotopic (exact) mass is 448 g/mol. The smallest absolute Gasteiger partial charge is 0.234 e. The minimum atomic E-state index is -0.397. The van der Waals surface area contributed by atoms with Crippen LogP contribution in [0.4, 0.5) is 10.1 Å². The molecule has 2 aromatic carbocycles. The molecule has 0 bridgehead atoms. The van der Waals surface area contributed by atoms with Crippen LogP contribution in [0, 0.1) is 12.7 Å². The Kier molecular flexibility index (Phi) is 7.33. The largest absolute Gasteiger partial charge is 0.481 e. The number of nitrogens with zero attached hydrogens (tertiary/aromatic N) is 3. The average Bonchev–Trinajstić information content (AvgIpc) is 3.14. The molecular weight excluding hydrogens is 427 g/mol. The third-order valence-electron chi connectivity index (χ3n) is 4.37. The van der Waals surface area contributed by atoms with Gasteiger partial charge in [-0.2, -0.15) is 0 Å². The molecule has 158 valence electrons. The number of nitrogens with one attached hydrogen (secondary N) is 1. The standard InChI is InChI=1S/C21H22ClFN4O2S/c1-4-27-20(14(3)29-18-8-6-5-7-16(18)22)25-26-21(27)30-12-19(28)24-17-11-15(23)10-9-13(17)2/h5-11,14H,4,12H2,1-3H3,(H,24,28)/t14-/m1/s1. The van der Waals surface area contributed by atoms with Gasteiger partial charge in [-0.3, -0.25) is 4.79 Å². The summed E-state index contributed by atoms with van der Waals surface area (Å²) in [5, 5.41) is 12.3. The summed E-state index contributed by atoms with van der Waals surface area (Å²) in [6.45, 7) is 6.26. The van der Waals surface area contributed by atoms with E-state index < -0.39 is 5.82 Å². The van der Waals surface area contributed by atoms with E-state index in [-0.39, 0.29) is 17.8 Å². The molecule has 6 nitrogen and oxygen atoms in total. The first-order chi connectivity index (χ1) is 14.4. The molecule has 3 rings (SSSR count). The van der Waals surface area contributed by atoms with E-state index in [0.29, 0.717) is 34.0 Å². The molecule has 1 N–H and O–H groups in total. The van der Waals surface area contributed by atoms with Crippen LogP contribution >= 0.6 is 23.4 Å². The van der Waals surface area contributed by atoms with Crippen LogP contribution in [0.5, 0.6) is 5.75 Å². The minimum absolute atomic E-state index is 0.119. The molecule has 0 radical (unpaired) electrons. The molecule has 0 aliphatic rings. The van der Waals surface area contributed by atoms with Gasteiger partial charge in [-0.25, -0.2) is 4.39 Å². The van der Waals surface area contributed by atoms with Crippen molar-refractivity contribution in [3.63, 3.8) is 0 Å². The highest BCUT2D eigenvalue weighted by molar-refractivity contribution is 7.99. The van der Waals surface area contributed by atoms with Crippen molar-refractivity contribution < 1.29 is 13.9 Å². The molecule has 30 heavy (non-hydrogen) atoms. The molecule has 3 aromatic rings. The number of aryl methyl sites for hydroxylation is 1. The second-order valence-corrected chi connectivity index (χ2v) is 7.92. The van der Waals surface area contributed by atoms with E-state index in [9.17, 15) is 9.18 Å². The number of thioether (sulfide) groups is 1. The maximum absolute atomic E-state index is 13.4. The van der Waals surface area contributed by atoms with Gasteiger partial charge < -0.3 is 14.6 Å². The first-order valence-corrected chi connectivity index (χ1v) is 10.8. The van der Waals surface area contributed by atoms with Crippen LogP contribution in [0.2, 0.25) is 5.02 Å². The van der Waals surface area contributed by atoms with Gasteiger partial charge in [-0.15, -0.1) is 10.2 Å². The van der Waals surface area contributed by atoms with Gasteiger partial charge in [0, 0.05) is 12.2 Å². The van der Waals surface area contributed by atoms with Crippen LogP contribution in [0.15, 0.2) is 47.6 Å². The first-order valence-electron chi connectivity index (χ1n) is 9.42. The average molecular weight is 449 g/mol. The lowest BCUT2D eigenvalue weighted by molar-refractivity contribution is -0.113. The Labute approximate surface area is 183 Å². The number of amides is 1. The lowest BCUT2D eigenvalue weighted by Crippen LogP contribution is -2.16. The van der Waals surface area contributed by atoms with Crippen LogP contribution in [0.25, 0.3) is 0 Å². The number of carbonyl (C=O) groups excluding carboxylic acids is 1. The van der Waals surface area contributed by atoms with Crippen molar-refractivity contribution in [2.24, 2.45) is 0 Å². The van der Waals surface area contributed by atoms with E-state index in [1.165, 1.54) is 23.9 Å². The van der Waals surface area contributed by atoms with Gasteiger partial charge in [0.25, 0.3) is 0 Å². The number of para-hydroxylation sites is 1. The number of benzene rings is 2. The highest BCUT2D eigenvalue weighted by Gasteiger charge is 2.20. The second kappa shape index (κ2) is 9.95. The first kappa shape index (κ1) is 22.1. The van der Waals surface area contributed by atoms with Gasteiger partial charge in [-0.05, 0) is 50.6 Å². The number of carbonyl (C=O) groups is 1. The van der Waals surface area contributed by atoms with Gasteiger partial charge in [0.2, 0.25) is 5.91 Å². The summed E-state index contributed by atoms with van der Waals surface area (Å²) in [4.78, 5) is 12.3. The molecule has 0 saturated heterocycles. The molecule has 0 aliphatic heterocycles. The predicted octanol–water partition coefficient (Wildman–Crippen LogP) is 5.27. The van der Waals surface area contributed by atoms with Gasteiger partial charge >= 0.3 is 0 Å². The molecule has 0 saturated carbocycles. The summed E-state index contributed by atoms with van der Waals surface area (Å²) < 4.78 is 21.2. The fourth-order valence-corrected chi connectivity index (χ4v) is 3.82. The Morgan fingerprint density at radius 3 is 2.80 bits per heavy atom. The predicted molar refractivity (Wildman–Crippen MR) is 117 cm³/mol. The van der Waals surface area contributed by atoms with Crippen molar-refractivity contribution in [1.82, 2.24) is 14.8 Å². The molecule has 0 unspecified atom stereocenters. The van der Waals surface area contributed by atoms with E-state index in [1.807, 2.05) is 37.5 Å². The lowest BCUT2D eigenvalue weighted by atomic mass is 10.2. The molecule has 1 heterocycles. The van der Waals surface area contributed by atoms with Crippen LogP contribution in [-0.2, 0) is 11.3 Å². The Balaban J connectivity index is 1.66. The molecule has 0 fully saturated rings. The summed E-state index contributed by atoms with van der Waals surface area (Å²) >= 11 is 7.43. The van der Waals surface area contributed by atoms with Gasteiger partial charge in [-0.1, -0.05) is 41.6 Å². The molecule has 1 amide bonds. The molecular formula is C21H22ClFN4O2S. The molecule has 1 atom stereocenters. The van der Waals surface area contributed by atoms with E-state index in [2.05, 4.69) is 15.5 Å². The van der Waals surface area contributed by atoms with Gasteiger partial charge in [0.1, 0.15) is 11.6 Å². The fraction of sp³-hybridized carbons (Fsp3) is 0.286. The van der Waals surface area contributed by atoms with E-state index in [1.54, 1.807) is 18.2 Å². The minimum Gasteiger partial charge on any atom is -0.481 e. The van der Waals surface area contributed by atoms with Crippen molar-refractivity contribution in [1.29, 1.82) is 0 Å². The molecule has 9 heteroatoms. The van der Waals surface area contributed by atoms with E-state index >= 15 is 0 Å². The number of aromatic nitrogens is 3. The number of hydrogen-bond donors (Lipinski definition) is 1. The number of halogens is 2. The fourth-order valence-electron chi connectivity index (χ4n) is 2.83. The second-order valence-electron chi connectivity index (χ2n) is 6.57. The third kappa shape index (κ3) is 5.31. The van der Waals surface area contributed by atoms with Crippen LogP contribution in [0.1, 0.15) is 31.3 Å². The van der Waals surface area contributed by atoms with Crippen molar-refractivity contribution in [3.8, 4) is 5.75 Å². The van der Waals surface area contributed by atoms with E-state index in [0.717, 1.165) is 5.56 Å². The zero-order valence-corrected chi connectivity index (χ0v) is 18.4. The SMILES string of the molecule is CCn1c(SCC(=O)Nc2cc(F)ccc2C)nnc1[C@@H](C)Oc1ccccc1Cl. The lowest BCUT2D eigenvalue weighted by Gasteiger charge is -2.16. The summed E-state index contributed by atoms with van der Waals surface area (Å²) in [5.41, 5.74) is 1.25. The van der Waals surface area contributed by atoms with Crippen molar-refractivity contribution in [2.75, 3.05) is 11.1 Å². The van der Waals surface area contributed by atoms with E-state index in [4.69, 9.17) is 16.3 Å². The van der Waals surface area contributed by atoms with Crippen molar-refractivity contribution in [2.45, 2.75) is 38.6 Å². The number of hydrogen-bond acceptors (Lipinski definition) is 5. The normalized spacial score (nSPS) is 11.9. The summed E-state index contributed by atoms with van der Waals surface area (Å²) in [5.74, 6) is 0.679. The number of ether oxygens (including phenoxy) is 1. The molecule has 0 spiro atoms.